The van der Waals surface area contributed by atoms with Crippen LogP contribution in [-0.2, 0) is 5.41 Å². The summed E-state index contributed by atoms with van der Waals surface area (Å²) in [7, 11) is 3.07. The molecule has 0 radical (unpaired) electrons. The van der Waals surface area contributed by atoms with Crippen LogP contribution in [0.3, 0.4) is 0 Å². The van der Waals surface area contributed by atoms with E-state index in [1.807, 2.05) is 62.4 Å². The maximum absolute atomic E-state index is 12.7. The molecule has 0 atom stereocenters. The van der Waals surface area contributed by atoms with Crippen molar-refractivity contribution in [2.24, 2.45) is 0 Å². The summed E-state index contributed by atoms with van der Waals surface area (Å²) in [6.45, 7) is 4.51. The highest BCUT2D eigenvalue weighted by molar-refractivity contribution is 6.04. The van der Waals surface area contributed by atoms with Crippen LogP contribution in [0.15, 0.2) is 66.7 Å². The van der Waals surface area contributed by atoms with Crippen LogP contribution in [0.2, 0.25) is 0 Å². The molecule has 4 rings (SSSR count). The Morgan fingerprint density at radius 3 is 2.31 bits per heavy atom. The molecule has 2 amide bonds. The second kappa shape index (κ2) is 9.89. The Hall–Kier alpha value is -4.33. The van der Waals surface area contributed by atoms with Gasteiger partial charge in [-0.3, -0.25) is 9.59 Å². The zero-order chi connectivity index (χ0) is 25.0. The van der Waals surface area contributed by atoms with Gasteiger partial charge in [-0.05, 0) is 48.0 Å². The minimum absolute atomic E-state index is 0.254. The molecule has 0 saturated heterocycles. The molecule has 8 nitrogen and oxygen atoms in total. The highest BCUT2D eigenvalue weighted by atomic mass is 16.5. The van der Waals surface area contributed by atoms with Gasteiger partial charge in [-0.1, -0.05) is 38.1 Å². The quantitative estimate of drug-likeness (QED) is 0.349. The number of carbonyl (C=O) groups is 2. The Balaban J connectivity index is 1.38. The van der Waals surface area contributed by atoms with Crippen LogP contribution in [0.25, 0.3) is 11.0 Å². The number of methoxy groups -OCH3 is 2. The van der Waals surface area contributed by atoms with E-state index in [2.05, 4.69) is 20.6 Å². The number of para-hydroxylation sites is 2. The van der Waals surface area contributed by atoms with Crippen LogP contribution in [0.5, 0.6) is 11.5 Å². The first-order valence-corrected chi connectivity index (χ1v) is 11.2. The van der Waals surface area contributed by atoms with E-state index >= 15 is 0 Å². The Bertz CT molecular complexity index is 1330. The summed E-state index contributed by atoms with van der Waals surface area (Å²) < 4.78 is 10.5. The number of aromatic nitrogens is 2. The number of hydrogen-bond donors (Lipinski definition) is 3. The summed E-state index contributed by atoms with van der Waals surface area (Å²) in [5.41, 5.74) is 3.38. The normalized spacial score (nSPS) is 11.2. The van der Waals surface area contributed by atoms with Crippen molar-refractivity contribution in [1.29, 1.82) is 0 Å². The SMILES string of the molecule is COc1ccc(C(=O)Nc2ccc(C(C)(C)CNC(=O)c3nc4ccccc4[nH]3)cc2)cc1OC. The van der Waals surface area contributed by atoms with E-state index in [0.29, 0.717) is 29.3 Å². The molecule has 4 aromatic rings. The molecule has 1 aromatic heterocycles. The van der Waals surface area contributed by atoms with Gasteiger partial charge in [0.05, 0.1) is 25.3 Å². The van der Waals surface area contributed by atoms with Gasteiger partial charge in [0.15, 0.2) is 17.3 Å². The number of carbonyl (C=O) groups excluding carboxylic acids is 2. The van der Waals surface area contributed by atoms with Gasteiger partial charge in [-0.15, -0.1) is 0 Å². The molecule has 0 spiro atoms. The van der Waals surface area contributed by atoms with E-state index in [4.69, 9.17) is 9.47 Å². The van der Waals surface area contributed by atoms with E-state index in [1.54, 1.807) is 25.3 Å². The number of nitrogens with one attached hydrogen (secondary N) is 3. The minimum Gasteiger partial charge on any atom is -0.493 e. The average molecular weight is 473 g/mol. The zero-order valence-electron chi connectivity index (χ0n) is 20.1. The summed E-state index contributed by atoms with van der Waals surface area (Å²) in [5, 5.41) is 5.86. The molecule has 180 valence electrons. The van der Waals surface area contributed by atoms with E-state index in [1.165, 1.54) is 7.11 Å². The molecule has 0 aliphatic rings. The van der Waals surface area contributed by atoms with Crippen molar-refractivity contribution in [1.82, 2.24) is 15.3 Å². The monoisotopic (exact) mass is 472 g/mol. The number of hydrogen-bond acceptors (Lipinski definition) is 5. The number of rotatable bonds is 8. The average Bonchev–Trinajstić information content (AvgIpc) is 3.31. The molecule has 0 bridgehead atoms. The number of imidazole rings is 1. The van der Waals surface area contributed by atoms with Crippen molar-refractivity contribution in [3.8, 4) is 11.5 Å². The zero-order valence-corrected chi connectivity index (χ0v) is 20.1. The number of amides is 2. The smallest absolute Gasteiger partial charge is 0.287 e. The van der Waals surface area contributed by atoms with Crippen molar-refractivity contribution >= 4 is 28.5 Å². The number of fused-ring (bicyclic) bond motifs is 1. The first-order chi connectivity index (χ1) is 16.8. The Kier molecular flexibility index (Phi) is 6.73. The van der Waals surface area contributed by atoms with Gasteiger partial charge in [-0.25, -0.2) is 4.98 Å². The predicted molar refractivity (Wildman–Crippen MR) is 135 cm³/mol. The molecule has 3 aromatic carbocycles. The largest absolute Gasteiger partial charge is 0.493 e. The molecule has 8 heteroatoms. The second-order valence-electron chi connectivity index (χ2n) is 8.77. The van der Waals surface area contributed by atoms with Gasteiger partial charge in [0.1, 0.15) is 0 Å². The van der Waals surface area contributed by atoms with Gasteiger partial charge in [0.2, 0.25) is 0 Å². The molecule has 0 aliphatic carbocycles. The number of nitrogens with zero attached hydrogens (tertiary/aromatic N) is 1. The molecule has 35 heavy (non-hydrogen) atoms. The summed E-state index contributed by atoms with van der Waals surface area (Å²) in [5.74, 6) is 0.823. The minimum atomic E-state index is -0.340. The third kappa shape index (κ3) is 5.27. The summed E-state index contributed by atoms with van der Waals surface area (Å²) >= 11 is 0. The Labute approximate surface area is 203 Å². The standard InChI is InChI=1S/C27H28N4O4/c1-27(2,16-28-26(33)24-30-20-7-5-6-8-21(20)31-24)18-10-12-19(13-11-18)29-25(32)17-9-14-22(34-3)23(15-17)35-4/h5-15H,16H2,1-4H3,(H,28,33)(H,29,32)(H,30,31). The van der Waals surface area contributed by atoms with E-state index in [9.17, 15) is 9.59 Å². The Morgan fingerprint density at radius 1 is 0.914 bits per heavy atom. The third-order valence-electron chi connectivity index (χ3n) is 5.87. The van der Waals surface area contributed by atoms with Gasteiger partial charge < -0.3 is 25.1 Å². The van der Waals surface area contributed by atoms with Crippen molar-refractivity contribution in [2.45, 2.75) is 19.3 Å². The highest BCUT2D eigenvalue weighted by Gasteiger charge is 2.23. The molecular weight excluding hydrogens is 444 g/mol. The summed E-state index contributed by atoms with van der Waals surface area (Å²) in [6, 6.07) is 20.1. The lowest BCUT2D eigenvalue weighted by Crippen LogP contribution is -2.37. The van der Waals surface area contributed by atoms with Gasteiger partial charge in [0.25, 0.3) is 11.8 Å². The predicted octanol–water partition coefficient (Wildman–Crippen LogP) is 4.54. The number of H-pyrrole nitrogens is 1. The van der Waals surface area contributed by atoms with E-state index < -0.39 is 0 Å². The maximum atomic E-state index is 12.7. The topological polar surface area (TPSA) is 105 Å². The van der Waals surface area contributed by atoms with Crippen LogP contribution in [-0.4, -0.2) is 42.5 Å². The van der Waals surface area contributed by atoms with Crippen LogP contribution in [0.1, 0.15) is 40.4 Å². The lowest BCUT2D eigenvalue weighted by atomic mass is 9.84. The maximum Gasteiger partial charge on any atom is 0.287 e. The van der Waals surface area contributed by atoms with Crippen molar-refractivity contribution in [3.63, 3.8) is 0 Å². The van der Waals surface area contributed by atoms with Crippen LogP contribution in [0.4, 0.5) is 5.69 Å². The molecule has 0 saturated carbocycles. The Morgan fingerprint density at radius 2 is 1.63 bits per heavy atom. The third-order valence-corrected chi connectivity index (χ3v) is 5.87. The van der Waals surface area contributed by atoms with Crippen LogP contribution < -0.4 is 20.1 Å². The molecule has 0 unspecified atom stereocenters. The fourth-order valence-electron chi connectivity index (χ4n) is 3.73. The molecular formula is C27H28N4O4. The molecule has 3 N–H and O–H groups in total. The fraction of sp³-hybridized carbons (Fsp3) is 0.222. The van der Waals surface area contributed by atoms with Gasteiger partial charge in [-0.2, -0.15) is 0 Å². The van der Waals surface area contributed by atoms with Crippen LogP contribution >= 0.6 is 0 Å². The van der Waals surface area contributed by atoms with Crippen molar-refractivity contribution in [3.05, 3.63) is 83.7 Å². The number of anilines is 1. The van der Waals surface area contributed by atoms with Crippen molar-refractivity contribution < 1.29 is 19.1 Å². The molecule has 0 fully saturated rings. The first-order valence-electron chi connectivity index (χ1n) is 11.2. The van der Waals surface area contributed by atoms with Crippen LogP contribution in [0, 0.1) is 0 Å². The molecule has 0 aliphatic heterocycles. The van der Waals surface area contributed by atoms with Crippen molar-refractivity contribution in [2.75, 3.05) is 26.1 Å². The number of aromatic amines is 1. The number of benzene rings is 3. The summed E-state index contributed by atoms with van der Waals surface area (Å²) in [4.78, 5) is 32.7. The summed E-state index contributed by atoms with van der Waals surface area (Å²) in [6.07, 6.45) is 0. The second-order valence-corrected chi connectivity index (χ2v) is 8.77. The highest BCUT2D eigenvalue weighted by Crippen LogP contribution is 2.28. The fourth-order valence-corrected chi connectivity index (χ4v) is 3.73. The van der Waals surface area contributed by atoms with E-state index in [-0.39, 0.29) is 23.1 Å². The number of ether oxygens (including phenoxy) is 2. The lowest BCUT2D eigenvalue weighted by Gasteiger charge is -2.25. The first kappa shape index (κ1) is 23.8. The van der Waals surface area contributed by atoms with Gasteiger partial charge >= 0.3 is 0 Å². The van der Waals surface area contributed by atoms with E-state index in [0.717, 1.165) is 16.6 Å². The van der Waals surface area contributed by atoms with Gasteiger partial charge in [0, 0.05) is 23.2 Å². The molecule has 1 heterocycles. The lowest BCUT2D eigenvalue weighted by molar-refractivity contribution is 0.0936.